The molecule has 1 aliphatic rings. The molecule has 0 aliphatic carbocycles. The first-order valence-corrected chi connectivity index (χ1v) is 4.55. The third kappa shape index (κ3) is 1.37. The van der Waals surface area contributed by atoms with Crippen LogP contribution in [0.15, 0.2) is 12.4 Å². The lowest BCUT2D eigenvalue weighted by Crippen LogP contribution is -2.27. The minimum Gasteiger partial charge on any atom is -0.335 e. The van der Waals surface area contributed by atoms with Crippen LogP contribution in [-0.2, 0) is 13.0 Å². The third-order valence-corrected chi connectivity index (χ3v) is 2.54. The molecule has 1 atom stereocenters. The highest BCUT2D eigenvalue weighted by Gasteiger charge is 2.17. The molecule has 3 nitrogen and oxygen atoms in total. The predicted octanol–water partition coefficient (Wildman–Crippen LogP) is 0.665. The molecular formula is C9H15N3. The maximum atomic E-state index is 4.32. The lowest BCUT2D eigenvalue weighted by molar-refractivity contribution is 0.372. The van der Waals surface area contributed by atoms with E-state index in [4.69, 9.17) is 0 Å². The van der Waals surface area contributed by atoms with Crippen LogP contribution in [0.5, 0.6) is 0 Å². The van der Waals surface area contributed by atoms with E-state index in [9.17, 15) is 0 Å². The van der Waals surface area contributed by atoms with Crippen LogP contribution in [0.25, 0.3) is 0 Å². The van der Waals surface area contributed by atoms with Crippen LogP contribution >= 0.6 is 0 Å². The van der Waals surface area contributed by atoms with Gasteiger partial charge < -0.3 is 9.88 Å². The highest BCUT2D eigenvalue weighted by atomic mass is 15.1. The van der Waals surface area contributed by atoms with Gasteiger partial charge in [0.2, 0.25) is 0 Å². The molecule has 1 N–H and O–H groups in total. The zero-order valence-corrected chi connectivity index (χ0v) is 7.45. The molecule has 1 unspecified atom stereocenters. The molecular weight excluding hydrogens is 150 g/mol. The lowest BCUT2D eigenvalue weighted by atomic mass is 9.98. The maximum Gasteiger partial charge on any atom is 0.108 e. The van der Waals surface area contributed by atoms with Gasteiger partial charge in [0, 0.05) is 25.4 Å². The number of nitrogens with one attached hydrogen (secondary N) is 1. The molecule has 0 saturated heterocycles. The summed E-state index contributed by atoms with van der Waals surface area (Å²) in [4.78, 5) is 4.32. The molecule has 3 heteroatoms. The Morgan fingerprint density at radius 1 is 1.75 bits per heavy atom. The Hall–Kier alpha value is -0.830. The Morgan fingerprint density at radius 2 is 2.67 bits per heavy atom. The fourth-order valence-electron chi connectivity index (χ4n) is 1.88. The van der Waals surface area contributed by atoms with Crippen molar-refractivity contribution in [2.24, 2.45) is 5.92 Å². The number of hydrogen-bond donors (Lipinski definition) is 1. The first-order chi connectivity index (χ1) is 5.90. The van der Waals surface area contributed by atoms with Gasteiger partial charge in [-0.1, -0.05) is 0 Å². The van der Waals surface area contributed by atoms with Gasteiger partial charge in [-0.3, -0.25) is 0 Å². The molecule has 2 heterocycles. The highest BCUT2D eigenvalue weighted by molar-refractivity contribution is 4.97. The summed E-state index contributed by atoms with van der Waals surface area (Å²) in [6, 6.07) is 0. The Kier molecular flexibility index (Phi) is 2.13. The quantitative estimate of drug-likeness (QED) is 0.698. The summed E-state index contributed by atoms with van der Waals surface area (Å²) >= 11 is 0. The van der Waals surface area contributed by atoms with Gasteiger partial charge in [-0.2, -0.15) is 0 Å². The molecule has 66 valence electrons. The van der Waals surface area contributed by atoms with Crippen molar-refractivity contribution in [2.75, 3.05) is 13.6 Å². The second-order valence-corrected chi connectivity index (χ2v) is 3.45. The van der Waals surface area contributed by atoms with Crippen molar-refractivity contribution in [3.05, 3.63) is 18.2 Å². The Morgan fingerprint density at radius 3 is 3.50 bits per heavy atom. The minimum absolute atomic E-state index is 0.782. The first kappa shape index (κ1) is 7.80. The van der Waals surface area contributed by atoms with E-state index in [0.717, 1.165) is 25.4 Å². The van der Waals surface area contributed by atoms with E-state index in [1.165, 1.54) is 12.2 Å². The molecule has 12 heavy (non-hydrogen) atoms. The van der Waals surface area contributed by atoms with Crippen LogP contribution in [0.2, 0.25) is 0 Å². The van der Waals surface area contributed by atoms with Crippen LogP contribution in [0.3, 0.4) is 0 Å². The fraction of sp³-hybridized carbons (Fsp3) is 0.667. The second-order valence-electron chi connectivity index (χ2n) is 3.45. The number of hydrogen-bond acceptors (Lipinski definition) is 2. The topological polar surface area (TPSA) is 29.9 Å². The van der Waals surface area contributed by atoms with Gasteiger partial charge in [-0.25, -0.2) is 4.98 Å². The normalized spacial score (nSPS) is 22.2. The molecule has 0 amide bonds. The summed E-state index contributed by atoms with van der Waals surface area (Å²) in [5, 5.41) is 3.22. The largest absolute Gasteiger partial charge is 0.335 e. The number of fused-ring (bicyclic) bond motifs is 1. The zero-order valence-electron chi connectivity index (χ0n) is 7.45. The van der Waals surface area contributed by atoms with E-state index < -0.39 is 0 Å². The average molecular weight is 165 g/mol. The van der Waals surface area contributed by atoms with Crippen molar-refractivity contribution in [1.29, 1.82) is 0 Å². The van der Waals surface area contributed by atoms with E-state index in [1.54, 1.807) is 0 Å². The van der Waals surface area contributed by atoms with E-state index in [1.807, 2.05) is 13.2 Å². The standard InChI is InChI=1S/C9H15N3/c1-10-7-8-2-4-12-5-3-11-9(12)6-8/h3,5,8,10H,2,4,6-7H2,1H3. The molecule has 0 radical (unpaired) electrons. The summed E-state index contributed by atoms with van der Waals surface area (Å²) in [6.07, 6.45) is 6.39. The van der Waals surface area contributed by atoms with Gasteiger partial charge in [0.15, 0.2) is 0 Å². The van der Waals surface area contributed by atoms with Gasteiger partial charge in [0.05, 0.1) is 0 Å². The van der Waals surface area contributed by atoms with Gasteiger partial charge in [-0.15, -0.1) is 0 Å². The number of imidazole rings is 1. The smallest absolute Gasteiger partial charge is 0.108 e. The molecule has 0 saturated carbocycles. The Balaban J connectivity index is 2.05. The number of nitrogens with zero attached hydrogens (tertiary/aromatic N) is 2. The van der Waals surface area contributed by atoms with Crippen LogP contribution in [0, 0.1) is 5.92 Å². The van der Waals surface area contributed by atoms with Crippen LogP contribution in [-0.4, -0.2) is 23.1 Å². The van der Waals surface area contributed by atoms with Gasteiger partial charge in [0.25, 0.3) is 0 Å². The second kappa shape index (κ2) is 3.27. The molecule has 0 spiro atoms. The van der Waals surface area contributed by atoms with E-state index >= 15 is 0 Å². The van der Waals surface area contributed by atoms with Crippen molar-refractivity contribution in [2.45, 2.75) is 19.4 Å². The molecule has 0 aromatic carbocycles. The number of aryl methyl sites for hydroxylation is 1. The predicted molar refractivity (Wildman–Crippen MR) is 48.0 cm³/mol. The maximum absolute atomic E-state index is 4.32. The van der Waals surface area contributed by atoms with Crippen molar-refractivity contribution in [3.8, 4) is 0 Å². The van der Waals surface area contributed by atoms with Gasteiger partial charge in [-0.05, 0) is 25.9 Å². The SMILES string of the molecule is CNCC1CCn2ccnc2C1. The van der Waals surface area contributed by atoms with E-state index in [0.29, 0.717) is 0 Å². The van der Waals surface area contributed by atoms with Gasteiger partial charge in [0.1, 0.15) is 5.82 Å². The monoisotopic (exact) mass is 165 g/mol. The van der Waals surface area contributed by atoms with Crippen molar-refractivity contribution in [1.82, 2.24) is 14.9 Å². The average Bonchev–Trinajstić information content (AvgIpc) is 2.51. The summed E-state index contributed by atoms with van der Waals surface area (Å²) in [5.41, 5.74) is 0. The lowest BCUT2D eigenvalue weighted by Gasteiger charge is -2.22. The van der Waals surface area contributed by atoms with Crippen molar-refractivity contribution in [3.63, 3.8) is 0 Å². The van der Waals surface area contributed by atoms with Crippen LogP contribution in [0.1, 0.15) is 12.2 Å². The molecule has 0 bridgehead atoms. The molecule has 0 fully saturated rings. The minimum atomic E-state index is 0.782. The summed E-state index contributed by atoms with van der Waals surface area (Å²) in [6.45, 7) is 2.26. The number of rotatable bonds is 2. The summed E-state index contributed by atoms with van der Waals surface area (Å²) in [5.74, 6) is 2.03. The van der Waals surface area contributed by atoms with Crippen LogP contribution in [0.4, 0.5) is 0 Å². The molecule has 1 aliphatic heterocycles. The first-order valence-electron chi connectivity index (χ1n) is 4.55. The Bertz CT molecular complexity index is 254. The zero-order chi connectivity index (χ0) is 8.39. The summed E-state index contributed by atoms with van der Waals surface area (Å²) in [7, 11) is 2.01. The Labute approximate surface area is 72.8 Å². The highest BCUT2D eigenvalue weighted by Crippen LogP contribution is 2.17. The third-order valence-electron chi connectivity index (χ3n) is 2.54. The van der Waals surface area contributed by atoms with Crippen molar-refractivity contribution < 1.29 is 0 Å². The molecule has 2 rings (SSSR count). The van der Waals surface area contributed by atoms with Crippen LogP contribution < -0.4 is 5.32 Å². The molecule has 1 aromatic heterocycles. The summed E-state index contributed by atoms with van der Waals surface area (Å²) < 4.78 is 2.26. The van der Waals surface area contributed by atoms with Gasteiger partial charge >= 0.3 is 0 Å². The van der Waals surface area contributed by atoms with Crippen molar-refractivity contribution >= 4 is 0 Å². The number of aromatic nitrogens is 2. The fourth-order valence-corrected chi connectivity index (χ4v) is 1.88. The molecule has 1 aromatic rings. The van der Waals surface area contributed by atoms with E-state index in [2.05, 4.69) is 21.1 Å². The van der Waals surface area contributed by atoms with E-state index in [-0.39, 0.29) is 0 Å².